The molecule has 27 heavy (non-hydrogen) atoms. The zero-order chi connectivity index (χ0) is 19.4. The first-order valence-electron chi connectivity index (χ1n) is 8.60. The zero-order valence-corrected chi connectivity index (χ0v) is 15.8. The standard InChI is InChI=1S/C19H21N3O4S/c1-22(13-19(24)20-15-7-3-2-4-8-15)27(25,26)16-10-11-17-14(12-16)6-5-9-18(23)21-17/h2-4,7-8,10-12H,5-6,9,13H2,1H3,(H,20,24)(H,21,23). The smallest absolute Gasteiger partial charge is 0.243 e. The summed E-state index contributed by atoms with van der Waals surface area (Å²) in [5, 5.41) is 5.45. The molecule has 0 unspecified atom stereocenters. The number of hydrogen-bond donors (Lipinski definition) is 2. The lowest BCUT2D eigenvalue weighted by Gasteiger charge is -2.18. The van der Waals surface area contributed by atoms with Gasteiger partial charge in [0.15, 0.2) is 0 Å². The molecule has 1 aliphatic rings. The van der Waals surface area contributed by atoms with Crippen molar-refractivity contribution < 1.29 is 18.0 Å². The summed E-state index contributed by atoms with van der Waals surface area (Å²) in [4.78, 5) is 23.9. The van der Waals surface area contributed by atoms with E-state index in [1.54, 1.807) is 36.4 Å². The van der Waals surface area contributed by atoms with Crippen LogP contribution in [0.2, 0.25) is 0 Å². The van der Waals surface area contributed by atoms with Gasteiger partial charge in [0.1, 0.15) is 0 Å². The van der Waals surface area contributed by atoms with E-state index in [0.717, 1.165) is 9.87 Å². The van der Waals surface area contributed by atoms with E-state index in [4.69, 9.17) is 0 Å². The fourth-order valence-corrected chi connectivity index (χ4v) is 4.08. The van der Waals surface area contributed by atoms with Crippen LogP contribution in [0.4, 0.5) is 11.4 Å². The average molecular weight is 387 g/mol. The predicted molar refractivity (Wildman–Crippen MR) is 103 cm³/mol. The maximum Gasteiger partial charge on any atom is 0.243 e. The van der Waals surface area contributed by atoms with Crippen LogP contribution in [0.25, 0.3) is 0 Å². The van der Waals surface area contributed by atoms with Gasteiger partial charge in [0.2, 0.25) is 21.8 Å². The van der Waals surface area contributed by atoms with E-state index in [9.17, 15) is 18.0 Å². The van der Waals surface area contributed by atoms with Crippen LogP contribution >= 0.6 is 0 Å². The molecule has 2 amide bonds. The minimum absolute atomic E-state index is 0.0703. The second-order valence-corrected chi connectivity index (χ2v) is 8.44. The predicted octanol–water partition coefficient (Wildman–Crippen LogP) is 2.22. The van der Waals surface area contributed by atoms with Gasteiger partial charge in [-0.3, -0.25) is 9.59 Å². The van der Waals surface area contributed by atoms with Crippen LogP contribution < -0.4 is 10.6 Å². The molecule has 2 N–H and O–H groups in total. The van der Waals surface area contributed by atoms with Crippen LogP contribution in [0.15, 0.2) is 53.4 Å². The highest BCUT2D eigenvalue weighted by atomic mass is 32.2. The molecule has 2 aromatic rings. The second kappa shape index (κ2) is 7.89. The van der Waals surface area contributed by atoms with Crippen LogP contribution in [-0.2, 0) is 26.0 Å². The minimum Gasteiger partial charge on any atom is -0.326 e. The van der Waals surface area contributed by atoms with E-state index in [1.807, 2.05) is 6.07 Å². The average Bonchev–Trinajstić information content (AvgIpc) is 2.82. The molecule has 8 heteroatoms. The summed E-state index contributed by atoms with van der Waals surface area (Å²) < 4.78 is 26.6. The van der Waals surface area contributed by atoms with Crippen LogP contribution in [0, 0.1) is 0 Å². The zero-order valence-electron chi connectivity index (χ0n) is 14.9. The Balaban J connectivity index is 1.74. The van der Waals surface area contributed by atoms with Gasteiger partial charge in [0.25, 0.3) is 0 Å². The second-order valence-electron chi connectivity index (χ2n) is 6.40. The number of rotatable bonds is 5. The van der Waals surface area contributed by atoms with E-state index >= 15 is 0 Å². The van der Waals surface area contributed by atoms with Crippen molar-refractivity contribution in [1.29, 1.82) is 0 Å². The summed E-state index contributed by atoms with van der Waals surface area (Å²) >= 11 is 0. The number of benzene rings is 2. The van der Waals surface area contributed by atoms with Gasteiger partial charge in [-0.05, 0) is 48.7 Å². The van der Waals surface area contributed by atoms with Crippen LogP contribution in [0.3, 0.4) is 0 Å². The highest BCUT2D eigenvalue weighted by Crippen LogP contribution is 2.26. The lowest BCUT2D eigenvalue weighted by molar-refractivity contribution is -0.117. The summed E-state index contributed by atoms with van der Waals surface area (Å²) in [6, 6.07) is 13.5. The molecule has 0 bridgehead atoms. The first kappa shape index (κ1) is 19.1. The summed E-state index contributed by atoms with van der Waals surface area (Å²) in [7, 11) is -2.46. The topological polar surface area (TPSA) is 95.6 Å². The number of hydrogen-bond acceptors (Lipinski definition) is 4. The Labute approximate surface area is 158 Å². The maximum absolute atomic E-state index is 12.8. The van der Waals surface area contributed by atoms with Gasteiger partial charge in [0, 0.05) is 24.8 Å². The van der Waals surface area contributed by atoms with Crippen molar-refractivity contribution in [3.63, 3.8) is 0 Å². The summed E-state index contributed by atoms with van der Waals surface area (Å²) in [5.41, 5.74) is 2.03. The van der Waals surface area contributed by atoms with E-state index in [-0.39, 0.29) is 17.3 Å². The van der Waals surface area contributed by atoms with Crippen LogP contribution in [0.1, 0.15) is 18.4 Å². The van der Waals surface area contributed by atoms with Gasteiger partial charge in [-0.25, -0.2) is 8.42 Å². The van der Waals surface area contributed by atoms with Gasteiger partial charge in [-0.2, -0.15) is 4.31 Å². The lowest BCUT2D eigenvalue weighted by atomic mass is 10.1. The molecule has 2 aromatic carbocycles. The van der Waals surface area contributed by atoms with Gasteiger partial charge in [0.05, 0.1) is 11.4 Å². The van der Waals surface area contributed by atoms with Crippen LogP contribution in [-0.4, -0.2) is 38.1 Å². The monoisotopic (exact) mass is 387 g/mol. The molecule has 7 nitrogen and oxygen atoms in total. The van der Waals surface area contributed by atoms with Gasteiger partial charge < -0.3 is 10.6 Å². The Morgan fingerprint density at radius 3 is 2.63 bits per heavy atom. The molecule has 3 rings (SSSR count). The molecule has 0 saturated heterocycles. The Kier molecular flexibility index (Phi) is 5.57. The third kappa shape index (κ3) is 4.53. The van der Waals surface area contributed by atoms with Gasteiger partial charge in [-0.1, -0.05) is 18.2 Å². The van der Waals surface area contributed by atoms with Gasteiger partial charge in [-0.15, -0.1) is 0 Å². The third-order valence-corrected chi connectivity index (χ3v) is 6.13. The third-order valence-electron chi connectivity index (χ3n) is 4.33. The molecule has 0 aromatic heterocycles. The number of aryl methyl sites for hydroxylation is 1. The molecule has 0 radical (unpaired) electrons. The number of fused-ring (bicyclic) bond motifs is 1. The number of likely N-dealkylation sites (N-methyl/N-ethyl adjacent to an activating group) is 1. The number of sulfonamides is 1. The van der Waals surface area contributed by atoms with Crippen LogP contribution in [0.5, 0.6) is 0 Å². The van der Waals surface area contributed by atoms with Gasteiger partial charge >= 0.3 is 0 Å². The van der Waals surface area contributed by atoms with E-state index < -0.39 is 15.9 Å². The van der Waals surface area contributed by atoms with Crippen molar-refractivity contribution in [1.82, 2.24) is 4.31 Å². The summed E-state index contributed by atoms with van der Waals surface area (Å²) in [6.45, 7) is -0.301. The molecule has 1 aliphatic heterocycles. The minimum atomic E-state index is -3.83. The molecular weight excluding hydrogens is 366 g/mol. The quantitative estimate of drug-likeness (QED) is 0.822. The van der Waals surface area contributed by atoms with E-state index in [1.165, 1.54) is 13.1 Å². The van der Waals surface area contributed by atoms with Crippen molar-refractivity contribution in [2.45, 2.75) is 24.2 Å². The number of carbonyl (C=O) groups excluding carboxylic acids is 2. The maximum atomic E-state index is 12.8. The molecule has 0 spiro atoms. The van der Waals surface area contributed by atoms with Crippen molar-refractivity contribution in [3.8, 4) is 0 Å². The Hall–Kier alpha value is -2.71. The van der Waals surface area contributed by atoms with Crippen molar-refractivity contribution in [2.75, 3.05) is 24.2 Å². The number of carbonyl (C=O) groups is 2. The number of anilines is 2. The number of para-hydroxylation sites is 1. The van der Waals surface area contributed by atoms with Crippen molar-refractivity contribution >= 4 is 33.2 Å². The SMILES string of the molecule is CN(CC(=O)Nc1ccccc1)S(=O)(=O)c1ccc2c(c1)CCCC(=O)N2. The first-order valence-corrected chi connectivity index (χ1v) is 10.0. The molecule has 0 saturated carbocycles. The van der Waals surface area contributed by atoms with E-state index in [2.05, 4.69) is 10.6 Å². The molecule has 0 atom stereocenters. The summed E-state index contributed by atoms with van der Waals surface area (Å²) in [6.07, 6.45) is 1.70. The number of nitrogens with one attached hydrogen (secondary N) is 2. The lowest BCUT2D eigenvalue weighted by Crippen LogP contribution is -2.35. The Bertz CT molecular complexity index is 958. The first-order chi connectivity index (χ1) is 12.9. The number of amides is 2. The van der Waals surface area contributed by atoms with Crippen molar-refractivity contribution in [3.05, 3.63) is 54.1 Å². The normalized spacial score (nSPS) is 14.2. The Morgan fingerprint density at radius 2 is 1.89 bits per heavy atom. The number of nitrogens with zero attached hydrogens (tertiary/aromatic N) is 1. The Morgan fingerprint density at radius 1 is 1.15 bits per heavy atom. The van der Waals surface area contributed by atoms with E-state index in [0.29, 0.717) is 30.6 Å². The van der Waals surface area contributed by atoms with Crippen molar-refractivity contribution in [2.24, 2.45) is 0 Å². The molecule has 0 fully saturated rings. The molecule has 1 heterocycles. The molecule has 0 aliphatic carbocycles. The largest absolute Gasteiger partial charge is 0.326 e. The molecular formula is C19H21N3O4S. The fourth-order valence-electron chi connectivity index (χ4n) is 2.90. The molecule has 142 valence electrons. The summed E-state index contributed by atoms with van der Waals surface area (Å²) in [5.74, 6) is -0.492. The highest BCUT2D eigenvalue weighted by molar-refractivity contribution is 7.89. The fraction of sp³-hybridized carbons (Fsp3) is 0.263. The highest BCUT2D eigenvalue weighted by Gasteiger charge is 2.24.